The summed E-state index contributed by atoms with van der Waals surface area (Å²) in [5.74, 6) is 0. The second-order valence-electron chi connectivity index (χ2n) is 5.36. The van der Waals surface area contributed by atoms with Gasteiger partial charge in [0.2, 0.25) is 0 Å². The van der Waals surface area contributed by atoms with Gasteiger partial charge in [-0.2, -0.15) is 9.61 Å². The van der Waals surface area contributed by atoms with E-state index in [0.29, 0.717) is 17.2 Å². The SMILES string of the molecule is Cc1cc2n(CC(O)c3ccc(Cl)cc3)c(C)cc(=O)n2n1. The number of hydrogen-bond donors (Lipinski definition) is 1. The average Bonchev–Trinajstić information content (AvgIpc) is 2.86. The molecular weight excluding hydrogens is 302 g/mol. The number of aryl methyl sites for hydroxylation is 2. The van der Waals surface area contributed by atoms with Crippen molar-refractivity contribution in [2.24, 2.45) is 0 Å². The van der Waals surface area contributed by atoms with Crippen molar-refractivity contribution in [2.45, 2.75) is 26.5 Å². The predicted molar refractivity (Wildman–Crippen MR) is 85.3 cm³/mol. The molecule has 0 radical (unpaired) electrons. The highest BCUT2D eigenvalue weighted by Gasteiger charge is 2.14. The molecule has 3 rings (SSSR count). The lowest BCUT2D eigenvalue weighted by Gasteiger charge is -2.17. The topological polar surface area (TPSA) is 59.5 Å². The molecule has 2 aromatic heterocycles. The third-order valence-corrected chi connectivity index (χ3v) is 3.92. The van der Waals surface area contributed by atoms with Gasteiger partial charge < -0.3 is 9.67 Å². The summed E-state index contributed by atoms with van der Waals surface area (Å²) in [5.41, 5.74) is 2.83. The summed E-state index contributed by atoms with van der Waals surface area (Å²) < 4.78 is 3.25. The quantitative estimate of drug-likeness (QED) is 0.807. The number of fused-ring (bicyclic) bond motifs is 1. The highest BCUT2D eigenvalue weighted by molar-refractivity contribution is 6.30. The van der Waals surface area contributed by atoms with Crippen molar-refractivity contribution in [3.05, 3.63) is 68.7 Å². The number of aliphatic hydroxyl groups excluding tert-OH is 1. The van der Waals surface area contributed by atoms with E-state index in [0.717, 1.165) is 17.0 Å². The summed E-state index contributed by atoms with van der Waals surface area (Å²) in [7, 11) is 0. The van der Waals surface area contributed by atoms with E-state index in [2.05, 4.69) is 5.10 Å². The smallest absolute Gasteiger partial charge is 0.274 e. The first-order valence-electron chi connectivity index (χ1n) is 6.96. The van der Waals surface area contributed by atoms with Gasteiger partial charge in [0.15, 0.2) is 0 Å². The molecule has 1 aromatic carbocycles. The van der Waals surface area contributed by atoms with E-state index in [1.54, 1.807) is 24.3 Å². The number of nitrogens with zero attached hydrogens (tertiary/aromatic N) is 3. The van der Waals surface area contributed by atoms with E-state index in [-0.39, 0.29) is 5.56 Å². The Bertz CT molecular complexity index is 881. The predicted octanol–water partition coefficient (Wildman–Crippen LogP) is 2.50. The van der Waals surface area contributed by atoms with Gasteiger partial charge in [0.1, 0.15) is 5.65 Å². The molecule has 6 heteroatoms. The van der Waals surface area contributed by atoms with Gasteiger partial charge in [-0.1, -0.05) is 23.7 Å². The molecule has 2 heterocycles. The first-order valence-corrected chi connectivity index (χ1v) is 7.34. The van der Waals surface area contributed by atoms with Gasteiger partial charge in [0, 0.05) is 22.8 Å². The second-order valence-corrected chi connectivity index (χ2v) is 5.79. The lowest BCUT2D eigenvalue weighted by atomic mass is 10.1. The van der Waals surface area contributed by atoms with Crippen LogP contribution in [0.2, 0.25) is 5.02 Å². The maximum atomic E-state index is 12.0. The fourth-order valence-corrected chi connectivity index (χ4v) is 2.67. The Morgan fingerprint density at radius 1 is 1.23 bits per heavy atom. The van der Waals surface area contributed by atoms with Gasteiger partial charge >= 0.3 is 0 Å². The first kappa shape index (κ1) is 14.8. The van der Waals surface area contributed by atoms with Gasteiger partial charge in [0.25, 0.3) is 5.56 Å². The molecule has 0 aliphatic carbocycles. The largest absolute Gasteiger partial charge is 0.387 e. The normalized spacial score (nSPS) is 12.7. The lowest BCUT2D eigenvalue weighted by Crippen LogP contribution is -2.21. The van der Waals surface area contributed by atoms with Crippen LogP contribution in [-0.4, -0.2) is 19.3 Å². The molecule has 0 bridgehead atoms. The van der Waals surface area contributed by atoms with Crippen LogP contribution >= 0.6 is 11.6 Å². The summed E-state index contributed by atoms with van der Waals surface area (Å²) in [6, 6.07) is 10.4. The Hall–Kier alpha value is -2.11. The zero-order valence-electron chi connectivity index (χ0n) is 12.3. The maximum Gasteiger partial charge on any atom is 0.274 e. The molecule has 0 fully saturated rings. The molecule has 0 saturated carbocycles. The minimum Gasteiger partial charge on any atom is -0.387 e. The van der Waals surface area contributed by atoms with Crippen LogP contribution in [0.25, 0.3) is 5.65 Å². The van der Waals surface area contributed by atoms with Gasteiger partial charge in [-0.25, -0.2) is 0 Å². The Morgan fingerprint density at radius 2 is 1.91 bits per heavy atom. The minimum atomic E-state index is -0.697. The van der Waals surface area contributed by atoms with Crippen LogP contribution in [0.1, 0.15) is 23.1 Å². The highest BCUT2D eigenvalue weighted by atomic mass is 35.5. The summed E-state index contributed by atoms with van der Waals surface area (Å²) >= 11 is 5.87. The van der Waals surface area contributed by atoms with E-state index in [9.17, 15) is 9.90 Å². The molecule has 114 valence electrons. The van der Waals surface area contributed by atoms with Crippen LogP contribution in [-0.2, 0) is 6.54 Å². The monoisotopic (exact) mass is 317 g/mol. The third kappa shape index (κ3) is 2.65. The van der Waals surface area contributed by atoms with Crippen LogP contribution in [0.15, 0.2) is 41.2 Å². The van der Waals surface area contributed by atoms with Crippen molar-refractivity contribution in [1.82, 2.24) is 14.2 Å². The number of benzene rings is 1. The van der Waals surface area contributed by atoms with Gasteiger partial charge in [0.05, 0.1) is 18.3 Å². The molecule has 1 unspecified atom stereocenters. The van der Waals surface area contributed by atoms with Crippen molar-refractivity contribution < 1.29 is 5.11 Å². The summed E-state index contributed by atoms with van der Waals surface area (Å²) in [6.45, 7) is 4.02. The number of hydrogen-bond acceptors (Lipinski definition) is 3. The summed E-state index contributed by atoms with van der Waals surface area (Å²) in [5, 5.41) is 15.3. The van der Waals surface area contributed by atoms with Crippen molar-refractivity contribution in [2.75, 3.05) is 0 Å². The first-order chi connectivity index (χ1) is 10.5. The van der Waals surface area contributed by atoms with E-state index >= 15 is 0 Å². The van der Waals surface area contributed by atoms with Crippen LogP contribution in [0.5, 0.6) is 0 Å². The van der Waals surface area contributed by atoms with Crippen LogP contribution in [0.4, 0.5) is 0 Å². The Labute approximate surface area is 132 Å². The highest BCUT2D eigenvalue weighted by Crippen LogP contribution is 2.20. The van der Waals surface area contributed by atoms with E-state index in [1.807, 2.05) is 24.5 Å². The summed E-state index contributed by atoms with van der Waals surface area (Å²) in [6.07, 6.45) is -0.697. The molecule has 0 aliphatic rings. The van der Waals surface area contributed by atoms with Crippen LogP contribution < -0.4 is 5.56 Å². The van der Waals surface area contributed by atoms with Crippen LogP contribution in [0.3, 0.4) is 0 Å². The lowest BCUT2D eigenvalue weighted by molar-refractivity contribution is 0.156. The van der Waals surface area contributed by atoms with Crippen molar-refractivity contribution in [1.29, 1.82) is 0 Å². The van der Waals surface area contributed by atoms with Gasteiger partial charge in [-0.05, 0) is 31.5 Å². The fraction of sp³-hybridized carbons (Fsp3) is 0.250. The Balaban J connectivity index is 2.03. The average molecular weight is 318 g/mol. The second kappa shape index (κ2) is 5.59. The maximum absolute atomic E-state index is 12.0. The molecule has 22 heavy (non-hydrogen) atoms. The van der Waals surface area contributed by atoms with Crippen molar-refractivity contribution in [3.8, 4) is 0 Å². The molecule has 0 amide bonds. The number of aliphatic hydroxyl groups is 1. The fourth-order valence-electron chi connectivity index (χ4n) is 2.54. The van der Waals surface area contributed by atoms with E-state index in [1.165, 1.54) is 10.6 Å². The third-order valence-electron chi connectivity index (χ3n) is 3.67. The zero-order chi connectivity index (χ0) is 15.9. The van der Waals surface area contributed by atoms with Crippen molar-refractivity contribution >= 4 is 17.2 Å². The number of halogens is 1. The van der Waals surface area contributed by atoms with Gasteiger partial charge in [-0.15, -0.1) is 0 Å². The molecule has 0 saturated heterocycles. The van der Waals surface area contributed by atoms with Crippen LogP contribution in [0, 0.1) is 13.8 Å². The Kier molecular flexibility index (Phi) is 3.76. The van der Waals surface area contributed by atoms with E-state index < -0.39 is 6.10 Å². The minimum absolute atomic E-state index is 0.169. The molecule has 3 aromatic rings. The van der Waals surface area contributed by atoms with E-state index in [4.69, 9.17) is 11.6 Å². The number of aromatic nitrogens is 3. The molecule has 1 N–H and O–H groups in total. The zero-order valence-corrected chi connectivity index (χ0v) is 13.1. The Morgan fingerprint density at radius 3 is 2.59 bits per heavy atom. The molecular formula is C16H16ClN3O2. The molecule has 0 spiro atoms. The molecule has 5 nitrogen and oxygen atoms in total. The molecule has 1 atom stereocenters. The van der Waals surface area contributed by atoms with Gasteiger partial charge in [-0.3, -0.25) is 4.79 Å². The number of rotatable bonds is 3. The summed E-state index contributed by atoms with van der Waals surface area (Å²) in [4.78, 5) is 12.0. The standard InChI is InChI=1S/C16H16ClN3O2/c1-10-7-15-19(11(2)8-16(22)20(15)18-10)9-14(21)12-3-5-13(17)6-4-12/h3-8,14,21H,9H2,1-2H3. The molecule has 0 aliphatic heterocycles. The van der Waals surface area contributed by atoms with Crippen molar-refractivity contribution in [3.63, 3.8) is 0 Å².